The first-order chi connectivity index (χ1) is 14.1. The molecule has 0 spiro atoms. The summed E-state index contributed by atoms with van der Waals surface area (Å²) in [4.78, 5) is 27.8. The van der Waals surface area contributed by atoms with Crippen LogP contribution in [0.5, 0.6) is 11.5 Å². The number of methoxy groups -OCH3 is 1. The number of ether oxygens (including phenoxy) is 2. The Morgan fingerprint density at radius 1 is 1.07 bits per heavy atom. The Kier molecular flexibility index (Phi) is 5.43. The fourth-order valence-electron chi connectivity index (χ4n) is 3.84. The van der Waals surface area contributed by atoms with Crippen molar-refractivity contribution in [2.24, 2.45) is 5.41 Å². The highest BCUT2D eigenvalue weighted by Crippen LogP contribution is 2.48. The third kappa shape index (κ3) is 3.92. The van der Waals surface area contributed by atoms with Gasteiger partial charge in [-0.05, 0) is 61.6 Å². The van der Waals surface area contributed by atoms with Gasteiger partial charge in [0.2, 0.25) is 11.8 Å². The smallest absolute Gasteiger partial charge is 0.242 e. The first-order valence-electron chi connectivity index (χ1n) is 10.1. The second-order valence-electron chi connectivity index (χ2n) is 7.55. The van der Waals surface area contributed by atoms with Gasteiger partial charge in [-0.3, -0.25) is 9.59 Å². The van der Waals surface area contributed by atoms with Gasteiger partial charge in [-0.15, -0.1) is 0 Å². The fraction of sp³-hybridized carbons (Fsp3) is 0.391. The molecule has 0 aromatic heterocycles. The molecule has 1 fully saturated rings. The van der Waals surface area contributed by atoms with Crippen LogP contribution in [0.25, 0.3) is 0 Å². The van der Waals surface area contributed by atoms with E-state index < -0.39 is 5.41 Å². The van der Waals surface area contributed by atoms with E-state index >= 15 is 0 Å². The summed E-state index contributed by atoms with van der Waals surface area (Å²) in [5, 5.41) is 2.89. The van der Waals surface area contributed by atoms with Gasteiger partial charge in [0, 0.05) is 12.2 Å². The number of nitrogens with zero attached hydrogens (tertiary/aromatic N) is 1. The van der Waals surface area contributed by atoms with E-state index in [1.807, 2.05) is 42.5 Å². The number of hydrogen-bond donors (Lipinski definition) is 1. The van der Waals surface area contributed by atoms with Gasteiger partial charge in [-0.25, -0.2) is 0 Å². The van der Waals surface area contributed by atoms with E-state index in [1.165, 1.54) is 5.56 Å². The van der Waals surface area contributed by atoms with Gasteiger partial charge in [0.25, 0.3) is 0 Å². The molecule has 2 aromatic rings. The molecule has 0 radical (unpaired) electrons. The molecular formula is C23H26N2O4. The lowest BCUT2D eigenvalue weighted by Gasteiger charge is -2.32. The van der Waals surface area contributed by atoms with Crippen molar-refractivity contribution in [3.8, 4) is 11.5 Å². The first-order valence-corrected chi connectivity index (χ1v) is 10.1. The zero-order valence-corrected chi connectivity index (χ0v) is 16.6. The number of anilines is 1. The Bertz CT molecular complexity index is 890. The Labute approximate surface area is 170 Å². The van der Waals surface area contributed by atoms with Gasteiger partial charge in [-0.1, -0.05) is 18.2 Å². The minimum Gasteiger partial charge on any atom is -0.497 e. The summed E-state index contributed by atoms with van der Waals surface area (Å²) in [6, 6.07) is 15.3. The Balaban J connectivity index is 1.32. The third-order valence-corrected chi connectivity index (χ3v) is 5.67. The van der Waals surface area contributed by atoms with Crippen LogP contribution in [0.2, 0.25) is 0 Å². The molecule has 0 atom stereocenters. The third-order valence-electron chi connectivity index (χ3n) is 5.67. The van der Waals surface area contributed by atoms with Crippen molar-refractivity contribution < 1.29 is 19.1 Å². The van der Waals surface area contributed by atoms with E-state index in [-0.39, 0.29) is 11.8 Å². The quantitative estimate of drug-likeness (QED) is 0.579. The molecule has 4 rings (SSSR count). The normalized spacial score (nSPS) is 16.5. The standard InChI is InChI=1S/C23H26N2O4/c1-28-18-8-10-19(11-9-18)29-16-14-24-21(26)23(12-13-23)22(27)25-15-4-6-17-5-2-3-7-20(17)25/h2-3,5,7-11H,4,6,12-16H2,1H3,(H,24,26). The predicted octanol–water partition coefficient (Wildman–Crippen LogP) is 2.95. The van der Waals surface area contributed by atoms with Gasteiger partial charge in [-0.2, -0.15) is 0 Å². The number of carbonyl (C=O) groups is 2. The van der Waals surface area contributed by atoms with Gasteiger partial charge >= 0.3 is 0 Å². The number of fused-ring (bicyclic) bond motifs is 1. The van der Waals surface area contributed by atoms with Crippen LogP contribution in [0.1, 0.15) is 24.8 Å². The number of benzene rings is 2. The fourth-order valence-corrected chi connectivity index (χ4v) is 3.84. The maximum absolute atomic E-state index is 13.2. The van der Waals surface area contributed by atoms with Crippen molar-refractivity contribution in [3.05, 3.63) is 54.1 Å². The zero-order valence-electron chi connectivity index (χ0n) is 16.6. The van der Waals surface area contributed by atoms with Crippen molar-refractivity contribution in [1.29, 1.82) is 0 Å². The number of nitrogens with one attached hydrogen (secondary N) is 1. The van der Waals surface area contributed by atoms with Crippen molar-refractivity contribution in [1.82, 2.24) is 5.32 Å². The topological polar surface area (TPSA) is 67.9 Å². The van der Waals surface area contributed by atoms with E-state index in [0.29, 0.717) is 38.3 Å². The molecule has 0 bridgehead atoms. The van der Waals surface area contributed by atoms with Gasteiger partial charge in [0.05, 0.1) is 13.7 Å². The highest BCUT2D eigenvalue weighted by molar-refractivity contribution is 6.14. The predicted molar refractivity (Wildman–Crippen MR) is 110 cm³/mol. The lowest BCUT2D eigenvalue weighted by molar-refractivity contribution is -0.135. The summed E-state index contributed by atoms with van der Waals surface area (Å²) in [5.74, 6) is 1.21. The summed E-state index contributed by atoms with van der Waals surface area (Å²) >= 11 is 0. The van der Waals surface area contributed by atoms with Crippen LogP contribution in [0.4, 0.5) is 5.69 Å². The van der Waals surface area contributed by atoms with Crippen molar-refractivity contribution in [2.45, 2.75) is 25.7 Å². The molecule has 1 N–H and O–H groups in total. The molecule has 152 valence electrons. The van der Waals surface area contributed by atoms with Crippen LogP contribution >= 0.6 is 0 Å². The number of carbonyl (C=O) groups excluding carboxylic acids is 2. The number of para-hydroxylation sites is 1. The first kappa shape index (κ1) is 19.3. The molecule has 2 amide bonds. The van der Waals surface area contributed by atoms with Crippen molar-refractivity contribution >= 4 is 17.5 Å². The molecular weight excluding hydrogens is 368 g/mol. The number of amides is 2. The molecule has 1 aliphatic heterocycles. The molecule has 6 nitrogen and oxygen atoms in total. The largest absolute Gasteiger partial charge is 0.497 e. The van der Waals surface area contributed by atoms with Crippen LogP contribution in [0, 0.1) is 5.41 Å². The highest BCUT2D eigenvalue weighted by Gasteiger charge is 2.58. The van der Waals surface area contributed by atoms with Gasteiger partial charge in [0.1, 0.15) is 23.5 Å². The van der Waals surface area contributed by atoms with Crippen LogP contribution in [-0.4, -0.2) is 38.6 Å². The molecule has 1 heterocycles. The van der Waals surface area contributed by atoms with E-state index in [0.717, 1.165) is 24.3 Å². The minimum absolute atomic E-state index is 0.0711. The maximum Gasteiger partial charge on any atom is 0.242 e. The van der Waals surface area contributed by atoms with Crippen molar-refractivity contribution in [2.75, 3.05) is 31.7 Å². The zero-order chi connectivity index (χ0) is 20.3. The molecule has 0 saturated heterocycles. The Morgan fingerprint density at radius 3 is 2.52 bits per heavy atom. The number of aryl methyl sites for hydroxylation is 1. The summed E-state index contributed by atoms with van der Waals surface area (Å²) in [5.41, 5.74) is 1.21. The lowest BCUT2D eigenvalue weighted by Crippen LogP contribution is -2.47. The molecule has 2 aromatic carbocycles. The number of hydrogen-bond acceptors (Lipinski definition) is 4. The Morgan fingerprint density at radius 2 is 1.79 bits per heavy atom. The van der Waals surface area contributed by atoms with Crippen LogP contribution in [-0.2, 0) is 16.0 Å². The summed E-state index contributed by atoms with van der Waals surface area (Å²) in [6.07, 6.45) is 3.11. The monoisotopic (exact) mass is 394 g/mol. The SMILES string of the molecule is COc1ccc(OCCNC(=O)C2(C(=O)N3CCCc4ccccc43)CC2)cc1. The average molecular weight is 394 g/mol. The van der Waals surface area contributed by atoms with E-state index in [4.69, 9.17) is 9.47 Å². The van der Waals surface area contributed by atoms with Crippen LogP contribution in [0.15, 0.2) is 48.5 Å². The average Bonchev–Trinajstić information content (AvgIpc) is 3.58. The maximum atomic E-state index is 13.2. The summed E-state index contributed by atoms with van der Waals surface area (Å²) < 4.78 is 10.8. The Hall–Kier alpha value is -3.02. The molecule has 0 unspecified atom stereocenters. The summed E-state index contributed by atoms with van der Waals surface area (Å²) in [7, 11) is 1.61. The minimum atomic E-state index is -0.912. The lowest BCUT2D eigenvalue weighted by atomic mass is 9.97. The van der Waals surface area contributed by atoms with E-state index in [9.17, 15) is 9.59 Å². The highest BCUT2D eigenvalue weighted by atomic mass is 16.5. The molecule has 2 aliphatic rings. The molecule has 29 heavy (non-hydrogen) atoms. The molecule has 1 aliphatic carbocycles. The number of rotatable bonds is 7. The summed E-state index contributed by atoms with van der Waals surface area (Å²) in [6.45, 7) is 1.37. The van der Waals surface area contributed by atoms with E-state index in [1.54, 1.807) is 12.0 Å². The molecule has 1 saturated carbocycles. The van der Waals surface area contributed by atoms with Gasteiger partial charge < -0.3 is 19.7 Å². The van der Waals surface area contributed by atoms with Crippen LogP contribution in [0.3, 0.4) is 0 Å². The van der Waals surface area contributed by atoms with Crippen LogP contribution < -0.4 is 19.7 Å². The van der Waals surface area contributed by atoms with Crippen molar-refractivity contribution in [3.63, 3.8) is 0 Å². The molecule has 6 heteroatoms. The van der Waals surface area contributed by atoms with E-state index in [2.05, 4.69) is 11.4 Å². The second kappa shape index (κ2) is 8.15. The second-order valence-corrected chi connectivity index (χ2v) is 7.55. The van der Waals surface area contributed by atoms with Gasteiger partial charge in [0.15, 0.2) is 0 Å².